The van der Waals surface area contributed by atoms with Crippen LogP contribution in [0, 0.1) is 0 Å². The number of carbonyl (C=O) groups excluding carboxylic acids is 1. The number of benzene rings is 1. The Morgan fingerprint density at radius 1 is 1.53 bits per heavy atom. The van der Waals surface area contributed by atoms with Crippen LogP contribution in [0.4, 0.5) is 5.82 Å². The van der Waals surface area contributed by atoms with Crippen molar-refractivity contribution >= 4 is 23.3 Å². The number of nitrogen functional groups attached to an aromatic ring is 1. The van der Waals surface area contributed by atoms with E-state index in [0.29, 0.717) is 11.4 Å². The quantitative estimate of drug-likeness (QED) is 0.895. The highest BCUT2D eigenvalue weighted by atomic mass is 35.5. The van der Waals surface area contributed by atoms with Gasteiger partial charge in [-0.1, -0.05) is 30.7 Å². The van der Waals surface area contributed by atoms with Crippen LogP contribution in [0.15, 0.2) is 28.9 Å². The molecule has 19 heavy (non-hydrogen) atoms. The van der Waals surface area contributed by atoms with E-state index in [-0.39, 0.29) is 17.6 Å². The van der Waals surface area contributed by atoms with Gasteiger partial charge in [0.1, 0.15) is 0 Å². The van der Waals surface area contributed by atoms with Crippen LogP contribution in [0.3, 0.4) is 0 Å². The molecular formula is C12H13ClN4O2. The Morgan fingerprint density at radius 3 is 2.89 bits per heavy atom. The molecule has 3 N–H and O–H groups in total. The highest BCUT2D eigenvalue weighted by Gasteiger charge is 2.20. The summed E-state index contributed by atoms with van der Waals surface area (Å²) in [5, 5.41) is 10.3. The van der Waals surface area contributed by atoms with Crippen molar-refractivity contribution in [2.75, 3.05) is 5.73 Å². The molecule has 1 atom stereocenters. The fourth-order valence-electron chi connectivity index (χ4n) is 1.72. The van der Waals surface area contributed by atoms with E-state index in [1.165, 1.54) is 0 Å². The first-order valence-electron chi connectivity index (χ1n) is 5.76. The van der Waals surface area contributed by atoms with Crippen molar-refractivity contribution in [1.29, 1.82) is 0 Å². The molecule has 1 amide bonds. The van der Waals surface area contributed by atoms with Crippen LogP contribution in [0.1, 0.15) is 35.4 Å². The van der Waals surface area contributed by atoms with Gasteiger partial charge in [-0.3, -0.25) is 4.79 Å². The maximum atomic E-state index is 12.0. The Hall–Kier alpha value is -2.08. The van der Waals surface area contributed by atoms with Crippen LogP contribution >= 0.6 is 11.6 Å². The standard InChI is InChI=1S/C12H13ClN4O2/c1-2-9(7-4-3-5-8(13)6-7)15-12(18)10-11(14)17-19-16-10/h3-6,9H,2H2,1H3,(H2,14,17)(H,15,18). The van der Waals surface area contributed by atoms with Crippen molar-refractivity contribution in [2.24, 2.45) is 0 Å². The number of nitrogens with two attached hydrogens (primary N) is 1. The maximum absolute atomic E-state index is 12.0. The number of carbonyl (C=O) groups is 1. The van der Waals surface area contributed by atoms with Gasteiger partial charge in [-0.05, 0) is 34.4 Å². The van der Waals surface area contributed by atoms with Gasteiger partial charge in [0.05, 0.1) is 6.04 Å². The van der Waals surface area contributed by atoms with Crippen molar-refractivity contribution in [1.82, 2.24) is 15.6 Å². The van der Waals surface area contributed by atoms with Crippen LogP contribution in [-0.2, 0) is 0 Å². The Morgan fingerprint density at radius 2 is 2.32 bits per heavy atom. The molecule has 0 fully saturated rings. The van der Waals surface area contributed by atoms with E-state index in [9.17, 15) is 4.79 Å². The number of aromatic nitrogens is 2. The van der Waals surface area contributed by atoms with E-state index < -0.39 is 5.91 Å². The van der Waals surface area contributed by atoms with Crippen LogP contribution < -0.4 is 11.1 Å². The molecule has 2 aromatic rings. The van der Waals surface area contributed by atoms with Gasteiger partial charge < -0.3 is 11.1 Å². The number of rotatable bonds is 4. The predicted octanol–water partition coefficient (Wildman–Crippen LogP) is 2.19. The maximum Gasteiger partial charge on any atom is 0.277 e. The zero-order chi connectivity index (χ0) is 13.8. The van der Waals surface area contributed by atoms with Crippen molar-refractivity contribution in [3.8, 4) is 0 Å². The summed E-state index contributed by atoms with van der Waals surface area (Å²) in [6.07, 6.45) is 0.706. The van der Waals surface area contributed by atoms with Crippen molar-refractivity contribution in [3.05, 3.63) is 40.5 Å². The molecule has 7 heteroatoms. The number of hydrogen-bond donors (Lipinski definition) is 2. The minimum Gasteiger partial charge on any atom is -0.379 e. The Balaban J connectivity index is 2.16. The number of nitrogens with zero attached hydrogens (tertiary/aromatic N) is 2. The monoisotopic (exact) mass is 280 g/mol. The summed E-state index contributed by atoms with van der Waals surface area (Å²) in [5.41, 5.74) is 6.37. The van der Waals surface area contributed by atoms with Crippen molar-refractivity contribution in [3.63, 3.8) is 0 Å². The Bertz CT molecular complexity index is 585. The first kappa shape index (κ1) is 13.4. The summed E-state index contributed by atoms with van der Waals surface area (Å²) in [6.45, 7) is 1.95. The molecule has 0 radical (unpaired) electrons. The summed E-state index contributed by atoms with van der Waals surface area (Å²) in [6, 6.07) is 7.13. The zero-order valence-electron chi connectivity index (χ0n) is 10.3. The lowest BCUT2D eigenvalue weighted by Gasteiger charge is -2.16. The summed E-state index contributed by atoms with van der Waals surface area (Å²) in [7, 11) is 0. The van der Waals surface area contributed by atoms with E-state index >= 15 is 0 Å². The third kappa shape index (κ3) is 3.03. The second-order valence-corrected chi connectivity index (χ2v) is 4.42. The van der Waals surface area contributed by atoms with E-state index in [2.05, 4.69) is 20.3 Å². The van der Waals surface area contributed by atoms with Gasteiger partial charge in [-0.2, -0.15) is 0 Å². The molecule has 100 valence electrons. The molecule has 1 aromatic carbocycles. The molecule has 0 aliphatic rings. The SMILES string of the molecule is CCC(NC(=O)c1nonc1N)c1cccc(Cl)c1. The van der Waals surface area contributed by atoms with Gasteiger partial charge in [0.15, 0.2) is 0 Å². The molecule has 0 spiro atoms. The Kier molecular flexibility index (Phi) is 4.01. The largest absolute Gasteiger partial charge is 0.379 e. The lowest BCUT2D eigenvalue weighted by atomic mass is 10.0. The molecule has 0 aliphatic carbocycles. The fourth-order valence-corrected chi connectivity index (χ4v) is 1.92. The first-order valence-corrected chi connectivity index (χ1v) is 6.14. The summed E-state index contributed by atoms with van der Waals surface area (Å²) in [5.74, 6) is -0.455. The number of halogens is 1. The smallest absolute Gasteiger partial charge is 0.277 e. The summed E-state index contributed by atoms with van der Waals surface area (Å²) < 4.78 is 4.40. The molecule has 1 aromatic heterocycles. The minimum atomic E-state index is -0.425. The van der Waals surface area contributed by atoms with Gasteiger partial charge in [-0.25, -0.2) is 4.63 Å². The fraction of sp³-hybridized carbons (Fsp3) is 0.250. The third-order valence-electron chi connectivity index (χ3n) is 2.69. The molecule has 1 unspecified atom stereocenters. The van der Waals surface area contributed by atoms with Crippen molar-refractivity contribution in [2.45, 2.75) is 19.4 Å². The van der Waals surface area contributed by atoms with Crippen LogP contribution in [0.5, 0.6) is 0 Å². The lowest BCUT2D eigenvalue weighted by molar-refractivity contribution is 0.0926. The molecular weight excluding hydrogens is 268 g/mol. The summed E-state index contributed by atoms with van der Waals surface area (Å²) in [4.78, 5) is 12.0. The second kappa shape index (κ2) is 5.71. The third-order valence-corrected chi connectivity index (χ3v) is 2.93. The average molecular weight is 281 g/mol. The van der Waals surface area contributed by atoms with Gasteiger partial charge >= 0.3 is 0 Å². The van der Waals surface area contributed by atoms with Crippen LogP contribution in [-0.4, -0.2) is 16.2 Å². The van der Waals surface area contributed by atoms with E-state index in [4.69, 9.17) is 17.3 Å². The molecule has 0 saturated heterocycles. The average Bonchev–Trinajstić information content (AvgIpc) is 2.82. The normalized spacial score (nSPS) is 12.1. The molecule has 0 bridgehead atoms. The number of amides is 1. The van der Waals surface area contributed by atoms with Crippen molar-refractivity contribution < 1.29 is 9.42 Å². The first-order chi connectivity index (χ1) is 9.11. The van der Waals surface area contributed by atoms with Crippen LogP contribution in [0.2, 0.25) is 5.02 Å². The topological polar surface area (TPSA) is 94.0 Å². The van der Waals surface area contributed by atoms with Gasteiger partial charge in [0.25, 0.3) is 5.91 Å². The van der Waals surface area contributed by atoms with Gasteiger partial charge in [0.2, 0.25) is 11.5 Å². The highest BCUT2D eigenvalue weighted by Crippen LogP contribution is 2.21. The van der Waals surface area contributed by atoms with Gasteiger partial charge in [0, 0.05) is 5.02 Å². The van der Waals surface area contributed by atoms with Crippen LogP contribution in [0.25, 0.3) is 0 Å². The molecule has 0 saturated carbocycles. The molecule has 6 nitrogen and oxygen atoms in total. The van der Waals surface area contributed by atoms with Gasteiger partial charge in [-0.15, -0.1) is 0 Å². The lowest BCUT2D eigenvalue weighted by Crippen LogP contribution is -2.29. The molecule has 2 rings (SSSR count). The summed E-state index contributed by atoms with van der Waals surface area (Å²) >= 11 is 5.94. The Labute approximate surface area is 114 Å². The predicted molar refractivity (Wildman–Crippen MR) is 70.7 cm³/mol. The highest BCUT2D eigenvalue weighted by molar-refractivity contribution is 6.30. The van der Waals surface area contributed by atoms with E-state index in [1.54, 1.807) is 12.1 Å². The minimum absolute atomic E-state index is 0.0134. The van der Waals surface area contributed by atoms with E-state index in [1.807, 2.05) is 19.1 Å². The number of nitrogens with one attached hydrogen (secondary N) is 1. The zero-order valence-corrected chi connectivity index (χ0v) is 11.0. The second-order valence-electron chi connectivity index (χ2n) is 3.99. The van der Waals surface area contributed by atoms with E-state index in [0.717, 1.165) is 5.56 Å². The number of hydrogen-bond acceptors (Lipinski definition) is 5. The number of anilines is 1. The molecule has 1 heterocycles. The molecule has 0 aliphatic heterocycles.